The van der Waals surface area contributed by atoms with E-state index in [9.17, 15) is 9.90 Å². The zero-order valence-electron chi connectivity index (χ0n) is 13.8. The standard InChI is InChI=1S/C17H18N4O2S/c1-17(2)5-4-9-10(8-6-19-21(3)7-8)11-12(18)13(16(22)23)24-15(11)20-14(9)17/h6-7H,4-5,18H2,1-3H3,(H,22,23). The molecule has 24 heavy (non-hydrogen) atoms. The van der Waals surface area contributed by atoms with Gasteiger partial charge in [-0.05, 0) is 18.4 Å². The lowest BCUT2D eigenvalue weighted by Crippen LogP contribution is -2.14. The molecule has 3 aromatic rings. The van der Waals surface area contributed by atoms with E-state index in [1.54, 1.807) is 10.9 Å². The maximum Gasteiger partial charge on any atom is 0.348 e. The number of nitrogens with zero attached hydrogens (tertiary/aromatic N) is 3. The van der Waals surface area contributed by atoms with Crippen molar-refractivity contribution in [3.63, 3.8) is 0 Å². The van der Waals surface area contributed by atoms with Crippen LogP contribution in [0.5, 0.6) is 0 Å². The predicted molar refractivity (Wildman–Crippen MR) is 94.5 cm³/mol. The van der Waals surface area contributed by atoms with Crippen LogP contribution in [0.15, 0.2) is 12.4 Å². The number of nitrogen functional groups attached to an aromatic ring is 1. The van der Waals surface area contributed by atoms with Crippen molar-refractivity contribution < 1.29 is 9.90 Å². The van der Waals surface area contributed by atoms with Gasteiger partial charge in [-0.15, -0.1) is 11.3 Å². The number of carboxylic acids is 1. The Balaban J connectivity index is 2.16. The summed E-state index contributed by atoms with van der Waals surface area (Å²) in [6, 6.07) is 0. The second kappa shape index (κ2) is 4.80. The first-order chi connectivity index (χ1) is 11.3. The van der Waals surface area contributed by atoms with Crippen molar-refractivity contribution in [3.05, 3.63) is 28.5 Å². The van der Waals surface area contributed by atoms with E-state index in [4.69, 9.17) is 10.7 Å². The number of pyridine rings is 1. The number of rotatable bonds is 2. The molecular formula is C17H18N4O2S. The van der Waals surface area contributed by atoms with Crippen LogP contribution >= 0.6 is 11.3 Å². The van der Waals surface area contributed by atoms with Crippen LogP contribution in [0, 0.1) is 0 Å². The van der Waals surface area contributed by atoms with Crippen molar-refractivity contribution in [1.82, 2.24) is 14.8 Å². The summed E-state index contributed by atoms with van der Waals surface area (Å²) in [5.74, 6) is -1.01. The Labute approximate surface area is 142 Å². The summed E-state index contributed by atoms with van der Waals surface area (Å²) in [5.41, 5.74) is 10.7. The molecule has 0 aromatic carbocycles. The van der Waals surface area contributed by atoms with Crippen LogP contribution in [0.4, 0.5) is 5.69 Å². The molecule has 0 atom stereocenters. The van der Waals surface area contributed by atoms with Gasteiger partial charge in [0.2, 0.25) is 0 Å². The highest BCUT2D eigenvalue weighted by Gasteiger charge is 2.36. The van der Waals surface area contributed by atoms with Crippen molar-refractivity contribution in [2.45, 2.75) is 32.1 Å². The minimum absolute atomic E-state index is 0.0252. The molecule has 0 spiro atoms. The normalized spacial score (nSPS) is 15.8. The SMILES string of the molecule is Cn1cc(-c2c3c(nc4sc(C(=O)O)c(N)c24)C(C)(C)CC3)cn1. The molecule has 3 N–H and O–H groups in total. The molecule has 0 amide bonds. The van der Waals surface area contributed by atoms with Crippen molar-refractivity contribution in [2.24, 2.45) is 7.05 Å². The first kappa shape index (κ1) is 15.1. The van der Waals surface area contributed by atoms with E-state index >= 15 is 0 Å². The number of hydrogen-bond acceptors (Lipinski definition) is 5. The van der Waals surface area contributed by atoms with Gasteiger partial charge in [0.05, 0.1) is 17.6 Å². The third kappa shape index (κ3) is 1.97. The molecule has 6 nitrogen and oxygen atoms in total. The predicted octanol–water partition coefficient (Wildman–Crippen LogP) is 3.20. The molecule has 0 aliphatic heterocycles. The number of aryl methyl sites for hydroxylation is 1. The van der Waals surface area contributed by atoms with E-state index < -0.39 is 5.97 Å². The van der Waals surface area contributed by atoms with Crippen molar-refractivity contribution in [3.8, 4) is 11.1 Å². The lowest BCUT2D eigenvalue weighted by atomic mass is 9.89. The third-order valence-electron chi connectivity index (χ3n) is 4.81. The molecule has 3 heterocycles. The minimum Gasteiger partial charge on any atom is -0.477 e. The van der Waals surface area contributed by atoms with Gasteiger partial charge in [0.25, 0.3) is 0 Å². The summed E-state index contributed by atoms with van der Waals surface area (Å²) in [4.78, 5) is 17.2. The fraction of sp³-hybridized carbons (Fsp3) is 0.353. The first-order valence-electron chi connectivity index (χ1n) is 7.77. The van der Waals surface area contributed by atoms with Gasteiger partial charge in [-0.3, -0.25) is 4.68 Å². The monoisotopic (exact) mass is 342 g/mol. The number of hydrogen-bond donors (Lipinski definition) is 2. The Morgan fingerprint density at radius 3 is 2.83 bits per heavy atom. The smallest absolute Gasteiger partial charge is 0.348 e. The lowest BCUT2D eigenvalue weighted by Gasteiger charge is -2.18. The van der Waals surface area contributed by atoms with E-state index in [1.807, 2.05) is 13.2 Å². The molecule has 0 saturated heterocycles. The van der Waals surface area contributed by atoms with Crippen LogP contribution in [0.25, 0.3) is 21.3 Å². The van der Waals surface area contributed by atoms with Gasteiger partial charge in [-0.2, -0.15) is 5.10 Å². The van der Waals surface area contributed by atoms with Crippen LogP contribution in [-0.4, -0.2) is 25.8 Å². The van der Waals surface area contributed by atoms with Gasteiger partial charge in [-0.25, -0.2) is 9.78 Å². The largest absolute Gasteiger partial charge is 0.477 e. The second-order valence-corrected chi connectivity index (χ2v) is 7.93. The molecule has 0 radical (unpaired) electrons. The molecule has 0 saturated carbocycles. The van der Waals surface area contributed by atoms with Gasteiger partial charge in [0, 0.05) is 35.2 Å². The molecule has 1 aliphatic rings. The summed E-state index contributed by atoms with van der Waals surface area (Å²) in [5, 5.41) is 14.5. The van der Waals surface area contributed by atoms with Gasteiger partial charge in [0.15, 0.2) is 0 Å². The van der Waals surface area contributed by atoms with Gasteiger partial charge in [-0.1, -0.05) is 13.8 Å². The number of aromatic nitrogens is 3. The molecule has 0 unspecified atom stereocenters. The maximum atomic E-state index is 11.5. The van der Waals surface area contributed by atoms with Crippen LogP contribution in [0.3, 0.4) is 0 Å². The van der Waals surface area contributed by atoms with Gasteiger partial charge >= 0.3 is 5.97 Å². The third-order valence-corrected chi connectivity index (χ3v) is 5.89. The zero-order chi connectivity index (χ0) is 17.2. The zero-order valence-corrected chi connectivity index (χ0v) is 14.6. The summed E-state index contributed by atoms with van der Waals surface area (Å²) in [6.07, 6.45) is 5.68. The molecule has 0 fully saturated rings. The highest BCUT2D eigenvalue weighted by Crippen LogP contribution is 2.48. The molecule has 0 bridgehead atoms. The summed E-state index contributed by atoms with van der Waals surface area (Å²) < 4.78 is 1.74. The number of anilines is 1. The number of carbonyl (C=O) groups is 1. The van der Waals surface area contributed by atoms with Gasteiger partial charge in [0.1, 0.15) is 9.71 Å². The minimum atomic E-state index is -1.01. The Morgan fingerprint density at radius 2 is 2.21 bits per heavy atom. The second-order valence-electron chi connectivity index (χ2n) is 6.93. The molecule has 3 aromatic heterocycles. The fourth-order valence-corrected chi connectivity index (χ4v) is 4.52. The lowest BCUT2D eigenvalue weighted by molar-refractivity contribution is 0.0703. The number of thiophene rings is 1. The van der Waals surface area contributed by atoms with Crippen LogP contribution in [0.2, 0.25) is 0 Å². The average molecular weight is 342 g/mol. The fourth-order valence-electron chi connectivity index (χ4n) is 3.58. The van der Waals surface area contributed by atoms with Crippen molar-refractivity contribution in [2.75, 3.05) is 5.73 Å². The Morgan fingerprint density at radius 1 is 1.46 bits per heavy atom. The summed E-state index contributed by atoms with van der Waals surface area (Å²) in [6.45, 7) is 4.36. The van der Waals surface area contributed by atoms with E-state index in [2.05, 4.69) is 18.9 Å². The Bertz CT molecular complexity index is 1000. The van der Waals surface area contributed by atoms with Crippen LogP contribution in [0.1, 0.15) is 41.2 Å². The number of carboxylic acid groups (broad SMARTS) is 1. The highest BCUT2D eigenvalue weighted by molar-refractivity contribution is 7.21. The van der Waals surface area contributed by atoms with Crippen molar-refractivity contribution in [1.29, 1.82) is 0 Å². The van der Waals surface area contributed by atoms with E-state index in [-0.39, 0.29) is 10.3 Å². The van der Waals surface area contributed by atoms with E-state index in [0.29, 0.717) is 10.5 Å². The quantitative estimate of drug-likeness (QED) is 0.746. The number of aromatic carboxylic acids is 1. The summed E-state index contributed by atoms with van der Waals surface area (Å²) in [7, 11) is 1.87. The highest BCUT2D eigenvalue weighted by atomic mass is 32.1. The van der Waals surface area contributed by atoms with Crippen molar-refractivity contribution >= 4 is 33.2 Å². The average Bonchev–Trinajstić information content (AvgIpc) is 3.16. The van der Waals surface area contributed by atoms with E-state index in [0.717, 1.165) is 46.4 Å². The molecular weight excluding hydrogens is 324 g/mol. The van der Waals surface area contributed by atoms with Gasteiger partial charge < -0.3 is 10.8 Å². The topological polar surface area (TPSA) is 94.0 Å². The summed E-state index contributed by atoms with van der Waals surface area (Å²) >= 11 is 1.15. The Hall–Kier alpha value is -2.41. The van der Waals surface area contributed by atoms with E-state index in [1.165, 1.54) is 5.56 Å². The van der Waals surface area contributed by atoms with Crippen LogP contribution in [-0.2, 0) is 18.9 Å². The molecule has 1 aliphatic carbocycles. The number of fused-ring (bicyclic) bond motifs is 2. The molecule has 7 heteroatoms. The van der Waals surface area contributed by atoms with Crippen LogP contribution < -0.4 is 5.73 Å². The molecule has 124 valence electrons. The Kier molecular flexibility index (Phi) is 3.02. The molecule has 4 rings (SSSR count). The number of nitrogens with two attached hydrogens (primary N) is 1. The maximum absolute atomic E-state index is 11.5. The first-order valence-corrected chi connectivity index (χ1v) is 8.59.